The number of phenols is 1. The molecule has 3 rings (SSSR count). The van der Waals surface area contributed by atoms with Crippen molar-refractivity contribution in [2.24, 2.45) is 5.92 Å². The first-order valence-electron chi connectivity index (χ1n) is 7.10. The lowest BCUT2D eigenvalue weighted by molar-refractivity contribution is 0.129. The Balaban J connectivity index is 1.80. The van der Waals surface area contributed by atoms with Crippen LogP contribution in [0.1, 0.15) is 32.6 Å². The van der Waals surface area contributed by atoms with E-state index in [2.05, 4.69) is 13.0 Å². The Labute approximate surface area is 114 Å². The number of aromatic hydroxyl groups is 1. The third kappa shape index (κ3) is 2.83. The number of phenolic OH excluding ortho intramolecular Hbond substituents is 1. The van der Waals surface area contributed by atoms with Gasteiger partial charge >= 0.3 is 0 Å². The first-order chi connectivity index (χ1) is 9.20. The van der Waals surface area contributed by atoms with E-state index in [-0.39, 0.29) is 0 Å². The number of ether oxygens (including phenoxy) is 1. The van der Waals surface area contributed by atoms with E-state index in [4.69, 9.17) is 4.74 Å². The van der Waals surface area contributed by atoms with Gasteiger partial charge in [0.2, 0.25) is 0 Å². The molecule has 0 amide bonds. The Bertz CT molecular complexity index is 576. The van der Waals surface area contributed by atoms with Crippen LogP contribution < -0.4 is 4.74 Å². The Hall–Kier alpha value is -1.70. The Morgan fingerprint density at radius 2 is 1.89 bits per heavy atom. The summed E-state index contributed by atoms with van der Waals surface area (Å²) in [7, 11) is 0. The standard InChI is InChI=1S/C17H20O2/c1-12-3-2-4-16(9-12)19-17-8-6-13-5-7-15(18)10-14(13)11-17/h5-8,10-12,16,18H,2-4,9H2,1H3. The maximum atomic E-state index is 9.54. The molecule has 19 heavy (non-hydrogen) atoms. The molecule has 2 atom stereocenters. The minimum atomic E-state index is 0.302. The molecule has 2 aromatic rings. The monoisotopic (exact) mass is 256 g/mol. The van der Waals surface area contributed by atoms with Gasteiger partial charge in [0.05, 0.1) is 6.10 Å². The molecule has 1 fully saturated rings. The fourth-order valence-electron chi connectivity index (χ4n) is 2.96. The second-order valence-corrected chi connectivity index (χ2v) is 5.70. The molecule has 2 unspecified atom stereocenters. The minimum absolute atomic E-state index is 0.302. The van der Waals surface area contributed by atoms with Crippen molar-refractivity contribution in [3.63, 3.8) is 0 Å². The summed E-state index contributed by atoms with van der Waals surface area (Å²) in [6, 6.07) is 11.5. The van der Waals surface area contributed by atoms with Gasteiger partial charge in [-0.15, -0.1) is 0 Å². The molecule has 0 bridgehead atoms. The molecule has 1 aliphatic carbocycles. The highest BCUT2D eigenvalue weighted by atomic mass is 16.5. The van der Waals surface area contributed by atoms with Crippen molar-refractivity contribution < 1.29 is 9.84 Å². The molecule has 1 N–H and O–H groups in total. The molecule has 0 heterocycles. The van der Waals surface area contributed by atoms with Crippen LogP contribution in [0.2, 0.25) is 0 Å². The molecular weight excluding hydrogens is 236 g/mol. The summed E-state index contributed by atoms with van der Waals surface area (Å²) >= 11 is 0. The van der Waals surface area contributed by atoms with Gasteiger partial charge in [0.1, 0.15) is 11.5 Å². The van der Waals surface area contributed by atoms with Crippen LogP contribution in [-0.4, -0.2) is 11.2 Å². The molecule has 2 aromatic carbocycles. The predicted octanol–water partition coefficient (Wildman–Crippen LogP) is 4.50. The SMILES string of the molecule is CC1CCCC(Oc2ccc3ccc(O)cc3c2)C1. The largest absolute Gasteiger partial charge is 0.508 e. The highest BCUT2D eigenvalue weighted by molar-refractivity contribution is 5.85. The van der Waals surface area contributed by atoms with Crippen LogP contribution in [0.4, 0.5) is 0 Å². The van der Waals surface area contributed by atoms with E-state index in [1.54, 1.807) is 12.1 Å². The quantitative estimate of drug-likeness (QED) is 0.857. The summed E-state index contributed by atoms with van der Waals surface area (Å²) in [6.45, 7) is 2.30. The van der Waals surface area contributed by atoms with Crippen LogP contribution >= 0.6 is 0 Å². The molecule has 100 valence electrons. The van der Waals surface area contributed by atoms with E-state index in [1.165, 1.54) is 12.8 Å². The molecule has 0 spiro atoms. The topological polar surface area (TPSA) is 29.5 Å². The van der Waals surface area contributed by atoms with Crippen molar-refractivity contribution >= 4 is 10.8 Å². The lowest BCUT2D eigenvalue weighted by atomic mass is 9.89. The number of hydrogen-bond donors (Lipinski definition) is 1. The number of rotatable bonds is 2. The maximum absolute atomic E-state index is 9.54. The highest BCUT2D eigenvalue weighted by Gasteiger charge is 2.20. The molecule has 2 nitrogen and oxygen atoms in total. The molecule has 1 saturated carbocycles. The molecule has 0 radical (unpaired) electrons. The average Bonchev–Trinajstić information content (AvgIpc) is 2.38. The van der Waals surface area contributed by atoms with E-state index in [0.717, 1.165) is 35.3 Å². The van der Waals surface area contributed by atoms with Crippen molar-refractivity contribution in [1.82, 2.24) is 0 Å². The molecule has 1 aliphatic rings. The summed E-state index contributed by atoms with van der Waals surface area (Å²) in [4.78, 5) is 0. The first-order valence-corrected chi connectivity index (χ1v) is 7.10. The minimum Gasteiger partial charge on any atom is -0.508 e. The van der Waals surface area contributed by atoms with Gasteiger partial charge in [-0.1, -0.05) is 25.5 Å². The van der Waals surface area contributed by atoms with Crippen LogP contribution in [0.5, 0.6) is 11.5 Å². The molecule has 0 saturated heterocycles. The van der Waals surface area contributed by atoms with Crippen molar-refractivity contribution in [2.75, 3.05) is 0 Å². The van der Waals surface area contributed by atoms with Gasteiger partial charge in [-0.2, -0.15) is 0 Å². The van der Waals surface area contributed by atoms with E-state index in [9.17, 15) is 5.11 Å². The molecule has 0 aliphatic heterocycles. The van der Waals surface area contributed by atoms with Crippen molar-refractivity contribution in [2.45, 2.75) is 38.7 Å². The average molecular weight is 256 g/mol. The Morgan fingerprint density at radius 1 is 1.05 bits per heavy atom. The van der Waals surface area contributed by atoms with E-state index >= 15 is 0 Å². The molecule has 2 heteroatoms. The van der Waals surface area contributed by atoms with Crippen molar-refractivity contribution in [3.8, 4) is 11.5 Å². The van der Waals surface area contributed by atoms with Gasteiger partial charge in [0.25, 0.3) is 0 Å². The van der Waals surface area contributed by atoms with Crippen LogP contribution in [0, 0.1) is 5.92 Å². The van der Waals surface area contributed by atoms with Gasteiger partial charge in [-0.05, 0) is 60.2 Å². The number of fused-ring (bicyclic) bond motifs is 1. The summed E-state index contributed by atoms with van der Waals surface area (Å²) < 4.78 is 6.09. The van der Waals surface area contributed by atoms with Crippen LogP contribution in [0.3, 0.4) is 0 Å². The fourth-order valence-corrected chi connectivity index (χ4v) is 2.96. The van der Waals surface area contributed by atoms with Crippen molar-refractivity contribution in [1.29, 1.82) is 0 Å². The molecule has 0 aromatic heterocycles. The summed E-state index contributed by atoms with van der Waals surface area (Å²) in [5.74, 6) is 1.98. The number of hydrogen-bond acceptors (Lipinski definition) is 2. The van der Waals surface area contributed by atoms with Gasteiger partial charge in [0, 0.05) is 0 Å². The van der Waals surface area contributed by atoms with Crippen molar-refractivity contribution in [3.05, 3.63) is 36.4 Å². The normalized spacial score (nSPS) is 23.4. The maximum Gasteiger partial charge on any atom is 0.120 e. The summed E-state index contributed by atoms with van der Waals surface area (Å²) in [6.07, 6.45) is 5.24. The highest BCUT2D eigenvalue weighted by Crippen LogP contribution is 2.29. The Morgan fingerprint density at radius 3 is 2.74 bits per heavy atom. The molecular formula is C17H20O2. The third-order valence-electron chi connectivity index (χ3n) is 3.99. The second kappa shape index (κ2) is 5.12. The zero-order chi connectivity index (χ0) is 13.2. The van der Waals surface area contributed by atoms with Gasteiger partial charge < -0.3 is 9.84 Å². The third-order valence-corrected chi connectivity index (χ3v) is 3.99. The van der Waals surface area contributed by atoms with Gasteiger partial charge in [0.15, 0.2) is 0 Å². The van der Waals surface area contributed by atoms with E-state index in [0.29, 0.717) is 11.9 Å². The first kappa shape index (κ1) is 12.3. The lowest BCUT2D eigenvalue weighted by Gasteiger charge is -2.27. The second-order valence-electron chi connectivity index (χ2n) is 5.70. The van der Waals surface area contributed by atoms with Crippen LogP contribution in [-0.2, 0) is 0 Å². The summed E-state index contributed by atoms with van der Waals surface area (Å²) in [5, 5.41) is 11.7. The zero-order valence-electron chi connectivity index (χ0n) is 11.3. The lowest BCUT2D eigenvalue weighted by Crippen LogP contribution is -2.23. The zero-order valence-corrected chi connectivity index (χ0v) is 11.3. The fraction of sp³-hybridized carbons (Fsp3) is 0.412. The predicted molar refractivity (Wildman–Crippen MR) is 77.7 cm³/mol. The van der Waals surface area contributed by atoms with Gasteiger partial charge in [-0.25, -0.2) is 0 Å². The summed E-state index contributed by atoms with van der Waals surface area (Å²) in [5.41, 5.74) is 0. The smallest absolute Gasteiger partial charge is 0.120 e. The van der Waals surface area contributed by atoms with E-state index in [1.807, 2.05) is 18.2 Å². The Kier molecular flexibility index (Phi) is 3.33. The van der Waals surface area contributed by atoms with Gasteiger partial charge in [-0.3, -0.25) is 0 Å². The van der Waals surface area contributed by atoms with Crippen LogP contribution in [0.25, 0.3) is 10.8 Å². The van der Waals surface area contributed by atoms with Crippen LogP contribution in [0.15, 0.2) is 36.4 Å². The number of benzene rings is 2. The van der Waals surface area contributed by atoms with E-state index < -0.39 is 0 Å².